The van der Waals surface area contributed by atoms with Crippen LogP contribution in [0.5, 0.6) is 5.75 Å². The number of aromatic nitrogens is 2. The molecule has 2 heterocycles. The second-order valence-electron chi connectivity index (χ2n) is 7.27. The summed E-state index contributed by atoms with van der Waals surface area (Å²) in [6.45, 7) is -1.84. The maximum Gasteiger partial charge on any atom is 0.263 e. The zero-order valence-corrected chi connectivity index (χ0v) is 17.1. The molecule has 8 nitrogen and oxygen atoms in total. The molecule has 1 fully saturated rings. The van der Waals surface area contributed by atoms with Crippen molar-refractivity contribution in [3.63, 3.8) is 0 Å². The highest BCUT2D eigenvalue weighted by molar-refractivity contribution is 7.89. The molecule has 1 aromatic heterocycles. The van der Waals surface area contributed by atoms with Crippen LogP contribution in [0, 0.1) is 5.82 Å². The predicted octanol–water partition coefficient (Wildman–Crippen LogP) is 2.35. The molecule has 12 heteroatoms. The Bertz CT molecular complexity index is 1260. The lowest BCUT2D eigenvalue weighted by atomic mass is 10.0. The fourth-order valence-electron chi connectivity index (χ4n) is 3.85. The molecule has 0 spiro atoms. The van der Waals surface area contributed by atoms with Crippen molar-refractivity contribution in [1.29, 1.82) is 0 Å². The molecule has 1 aliphatic rings. The molecule has 0 aliphatic carbocycles. The summed E-state index contributed by atoms with van der Waals surface area (Å²) in [6.07, 6.45) is -0.799. The summed E-state index contributed by atoms with van der Waals surface area (Å²) in [5, 5.41) is 16.4. The molecule has 3 aromatic rings. The van der Waals surface area contributed by atoms with E-state index >= 15 is 4.39 Å². The van der Waals surface area contributed by atoms with Gasteiger partial charge in [-0.05, 0) is 30.3 Å². The van der Waals surface area contributed by atoms with Gasteiger partial charge in [-0.25, -0.2) is 21.6 Å². The van der Waals surface area contributed by atoms with Gasteiger partial charge in [0.2, 0.25) is 10.0 Å². The van der Waals surface area contributed by atoms with Crippen molar-refractivity contribution >= 4 is 26.7 Å². The number of alkyl halides is 2. The predicted molar refractivity (Wildman–Crippen MR) is 107 cm³/mol. The summed E-state index contributed by atoms with van der Waals surface area (Å²) >= 11 is 0. The van der Waals surface area contributed by atoms with Gasteiger partial charge < -0.3 is 15.6 Å². The van der Waals surface area contributed by atoms with E-state index in [2.05, 4.69) is 10.2 Å². The quantitative estimate of drug-likeness (QED) is 0.542. The number of aromatic amines is 1. The average Bonchev–Trinajstić information content (AvgIpc) is 3.26. The number of fused-ring (bicyclic) bond motifs is 1. The van der Waals surface area contributed by atoms with Crippen LogP contribution in [0.3, 0.4) is 0 Å². The standard InChI is InChI=1S/C19H19F3N4O4S/c1-30-17-13(4-5-15-16(17)18(23)25-24-15)12-3-2-11(6-14(12)20)31(28,29)26-9-19(21,22)7-10(26)8-27/h2-6,10,27H,7-9H2,1H3,(H3,23,24,25). The van der Waals surface area contributed by atoms with Crippen LogP contribution in [0.25, 0.3) is 22.0 Å². The molecule has 4 N–H and O–H groups in total. The van der Waals surface area contributed by atoms with Crippen LogP contribution in [0.1, 0.15) is 6.42 Å². The Balaban J connectivity index is 1.78. The third-order valence-electron chi connectivity index (χ3n) is 5.29. The number of nitrogens with one attached hydrogen (secondary N) is 1. The number of H-pyrrole nitrogens is 1. The summed E-state index contributed by atoms with van der Waals surface area (Å²) in [4.78, 5) is -0.493. The summed E-state index contributed by atoms with van der Waals surface area (Å²) < 4.78 is 74.1. The van der Waals surface area contributed by atoms with E-state index in [-0.39, 0.29) is 17.1 Å². The smallest absolute Gasteiger partial charge is 0.263 e. The first-order valence-electron chi connectivity index (χ1n) is 9.20. The second kappa shape index (κ2) is 7.39. The lowest BCUT2D eigenvalue weighted by Crippen LogP contribution is -2.38. The number of nitrogens with zero attached hydrogens (tertiary/aromatic N) is 2. The zero-order valence-electron chi connectivity index (χ0n) is 16.3. The first kappa shape index (κ1) is 21.4. The maximum absolute atomic E-state index is 15.0. The number of halogens is 3. The summed E-state index contributed by atoms with van der Waals surface area (Å²) in [6, 6.07) is 5.02. The minimum atomic E-state index is -4.45. The van der Waals surface area contributed by atoms with Crippen LogP contribution < -0.4 is 10.5 Å². The number of methoxy groups -OCH3 is 1. The monoisotopic (exact) mass is 456 g/mol. The molecule has 4 rings (SSSR count). The number of nitrogen functional groups attached to an aromatic ring is 1. The summed E-state index contributed by atoms with van der Waals surface area (Å²) in [5.41, 5.74) is 6.77. The van der Waals surface area contributed by atoms with Gasteiger partial charge in [0, 0.05) is 17.5 Å². The second-order valence-corrected chi connectivity index (χ2v) is 9.16. The van der Waals surface area contributed by atoms with Crippen LogP contribution in [-0.2, 0) is 10.0 Å². The summed E-state index contributed by atoms with van der Waals surface area (Å²) in [5.74, 6) is -3.77. The number of hydrogen-bond donors (Lipinski definition) is 3. The van der Waals surface area contributed by atoms with Gasteiger partial charge in [-0.15, -0.1) is 0 Å². The van der Waals surface area contributed by atoms with E-state index in [1.165, 1.54) is 13.2 Å². The van der Waals surface area contributed by atoms with Crippen molar-refractivity contribution in [3.8, 4) is 16.9 Å². The number of anilines is 1. The van der Waals surface area contributed by atoms with Crippen LogP contribution >= 0.6 is 0 Å². The van der Waals surface area contributed by atoms with E-state index in [4.69, 9.17) is 10.5 Å². The lowest BCUT2D eigenvalue weighted by Gasteiger charge is -2.22. The molecule has 166 valence electrons. The van der Waals surface area contributed by atoms with Crippen molar-refractivity contribution in [3.05, 3.63) is 36.1 Å². The summed E-state index contributed by atoms with van der Waals surface area (Å²) in [7, 11) is -3.07. The SMILES string of the molecule is COc1c(-c2ccc(S(=O)(=O)N3CC(F)(F)CC3CO)cc2F)ccc2[nH]nc(N)c12. The Labute approximate surface area is 175 Å². The fourth-order valence-corrected chi connectivity index (χ4v) is 5.50. The topological polar surface area (TPSA) is 122 Å². The lowest BCUT2D eigenvalue weighted by molar-refractivity contribution is 0.0161. The molecular weight excluding hydrogens is 437 g/mol. The van der Waals surface area contributed by atoms with Crippen molar-refractivity contribution in [2.45, 2.75) is 23.3 Å². The number of hydrogen-bond acceptors (Lipinski definition) is 6. The van der Waals surface area contributed by atoms with Crippen molar-refractivity contribution in [2.24, 2.45) is 0 Å². The molecule has 1 aliphatic heterocycles. The highest BCUT2D eigenvalue weighted by Crippen LogP contribution is 2.41. The maximum atomic E-state index is 15.0. The van der Waals surface area contributed by atoms with Crippen LogP contribution in [-0.4, -0.2) is 60.3 Å². The Morgan fingerprint density at radius 3 is 2.68 bits per heavy atom. The third kappa shape index (κ3) is 3.50. The molecule has 0 amide bonds. The highest BCUT2D eigenvalue weighted by Gasteiger charge is 2.49. The molecule has 1 unspecified atom stereocenters. The Morgan fingerprint density at radius 2 is 2.03 bits per heavy atom. The average molecular weight is 456 g/mol. The van der Waals surface area contributed by atoms with Crippen molar-refractivity contribution in [2.75, 3.05) is 26.0 Å². The van der Waals surface area contributed by atoms with Crippen LogP contribution in [0.15, 0.2) is 35.2 Å². The molecular formula is C19H19F3N4O4S. The normalized spacial score (nSPS) is 19.2. The zero-order chi connectivity index (χ0) is 22.6. The van der Waals surface area contributed by atoms with Gasteiger partial charge in [0.25, 0.3) is 5.92 Å². The minimum absolute atomic E-state index is 0.0313. The van der Waals surface area contributed by atoms with Gasteiger partial charge in [0.05, 0.1) is 42.1 Å². The van der Waals surface area contributed by atoms with Gasteiger partial charge in [0.15, 0.2) is 5.82 Å². The van der Waals surface area contributed by atoms with E-state index < -0.39 is 52.3 Å². The molecule has 1 saturated heterocycles. The Morgan fingerprint density at radius 1 is 1.32 bits per heavy atom. The number of sulfonamides is 1. The van der Waals surface area contributed by atoms with E-state index in [1.54, 1.807) is 12.1 Å². The number of ether oxygens (including phenoxy) is 1. The first-order chi connectivity index (χ1) is 14.6. The van der Waals surface area contributed by atoms with E-state index in [0.29, 0.717) is 20.8 Å². The van der Waals surface area contributed by atoms with E-state index in [9.17, 15) is 22.3 Å². The van der Waals surface area contributed by atoms with Gasteiger partial charge in [-0.3, -0.25) is 5.10 Å². The van der Waals surface area contributed by atoms with Gasteiger partial charge in [-0.1, -0.05) is 0 Å². The largest absolute Gasteiger partial charge is 0.495 e. The molecule has 0 radical (unpaired) electrons. The highest BCUT2D eigenvalue weighted by atomic mass is 32.2. The Hall–Kier alpha value is -2.83. The molecule has 2 aromatic carbocycles. The minimum Gasteiger partial charge on any atom is -0.495 e. The fraction of sp³-hybridized carbons (Fsp3) is 0.316. The van der Waals surface area contributed by atoms with Crippen LogP contribution in [0.2, 0.25) is 0 Å². The van der Waals surface area contributed by atoms with Crippen molar-refractivity contribution in [1.82, 2.24) is 14.5 Å². The van der Waals surface area contributed by atoms with Gasteiger partial charge in [-0.2, -0.15) is 9.40 Å². The molecule has 31 heavy (non-hydrogen) atoms. The van der Waals surface area contributed by atoms with E-state index in [0.717, 1.165) is 12.1 Å². The third-order valence-corrected chi connectivity index (χ3v) is 7.19. The molecule has 0 saturated carbocycles. The van der Waals surface area contributed by atoms with E-state index in [1.807, 2.05) is 0 Å². The number of aliphatic hydroxyl groups is 1. The number of rotatable bonds is 5. The van der Waals surface area contributed by atoms with Gasteiger partial charge in [0.1, 0.15) is 11.6 Å². The number of aliphatic hydroxyl groups excluding tert-OH is 1. The van der Waals surface area contributed by atoms with Gasteiger partial charge >= 0.3 is 0 Å². The first-order valence-corrected chi connectivity index (χ1v) is 10.6. The number of benzene rings is 2. The number of nitrogens with two attached hydrogens (primary N) is 1. The Kier molecular flexibility index (Phi) is 5.10. The van der Waals surface area contributed by atoms with Crippen molar-refractivity contribution < 1.29 is 31.4 Å². The molecule has 0 bridgehead atoms. The van der Waals surface area contributed by atoms with Crippen LogP contribution in [0.4, 0.5) is 19.0 Å². The molecule has 1 atom stereocenters.